The lowest BCUT2D eigenvalue weighted by Crippen LogP contribution is -2.26. The van der Waals surface area contributed by atoms with Gasteiger partial charge in [-0.2, -0.15) is 0 Å². The molecule has 4 nitrogen and oxygen atoms in total. The van der Waals surface area contributed by atoms with Gasteiger partial charge in [0.2, 0.25) is 0 Å². The molecule has 0 saturated carbocycles. The summed E-state index contributed by atoms with van der Waals surface area (Å²) in [5, 5.41) is 2.87. The zero-order valence-electron chi connectivity index (χ0n) is 13.6. The number of hydrogen-bond acceptors (Lipinski definition) is 3. The minimum Gasteiger partial charge on any atom is -0.357 e. The minimum atomic E-state index is -0.149. The Morgan fingerprint density at radius 3 is 2.26 bits per heavy atom. The van der Waals surface area contributed by atoms with Crippen LogP contribution in [-0.4, -0.2) is 24.0 Å². The second-order valence-electron chi connectivity index (χ2n) is 5.35. The van der Waals surface area contributed by atoms with Crippen molar-refractivity contribution in [2.75, 3.05) is 23.3 Å². The maximum atomic E-state index is 12.3. The van der Waals surface area contributed by atoms with E-state index in [9.17, 15) is 4.79 Å². The Hall–Kier alpha value is -1.88. The molecule has 0 saturated heterocycles. The summed E-state index contributed by atoms with van der Waals surface area (Å²) in [6.45, 7) is 6.27. The number of halogens is 1. The second kappa shape index (κ2) is 8.67. The normalized spacial score (nSPS) is 10.4. The van der Waals surface area contributed by atoms with E-state index in [2.05, 4.69) is 45.0 Å². The van der Waals surface area contributed by atoms with E-state index in [4.69, 9.17) is 0 Å². The van der Waals surface area contributed by atoms with Crippen LogP contribution in [0.1, 0.15) is 37.0 Å². The lowest BCUT2D eigenvalue weighted by Gasteiger charge is -2.22. The van der Waals surface area contributed by atoms with Crippen molar-refractivity contribution in [1.29, 1.82) is 0 Å². The lowest BCUT2D eigenvalue weighted by atomic mass is 10.2. The first-order valence-corrected chi connectivity index (χ1v) is 8.71. The monoisotopic (exact) mass is 375 g/mol. The molecule has 23 heavy (non-hydrogen) atoms. The standard InChI is InChI=1S/C18H22BrN3O/c1-3-11-22(12-4-2)17-10-5-14(13-20-17)18(23)21-16-8-6-15(19)7-9-16/h5-10,13H,3-4,11-12H2,1-2H3,(H,21,23). The summed E-state index contributed by atoms with van der Waals surface area (Å²) in [6, 6.07) is 11.2. The minimum absolute atomic E-state index is 0.149. The summed E-state index contributed by atoms with van der Waals surface area (Å²) in [5.74, 6) is 0.776. The molecule has 1 aromatic heterocycles. The molecule has 0 aliphatic carbocycles. The van der Waals surface area contributed by atoms with Crippen molar-refractivity contribution >= 4 is 33.3 Å². The Kier molecular flexibility index (Phi) is 6.59. The van der Waals surface area contributed by atoms with Crippen LogP contribution in [0.3, 0.4) is 0 Å². The van der Waals surface area contributed by atoms with Gasteiger partial charge in [0.05, 0.1) is 5.56 Å². The van der Waals surface area contributed by atoms with Gasteiger partial charge >= 0.3 is 0 Å². The van der Waals surface area contributed by atoms with Crippen LogP contribution in [0.25, 0.3) is 0 Å². The van der Waals surface area contributed by atoms with E-state index in [-0.39, 0.29) is 5.91 Å². The van der Waals surface area contributed by atoms with Crippen LogP contribution in [0, 0.1) is 0 Å². The third-order valence-corrected chi connectivity index (χ3v) is 3.95. The van der Waals surface area contributed by atoms with Crippen molar-refractivity contribution in [3.63, 3.8) is 0 Å². The molecule has 0 radical (unpaired) electrons. The Morgan fingerprint density at radius 1 is 1.09 bits per heavy atom. The highest BCUT2D eigenvalue weighted by Gasteiger charge is 2.10. The Bertz CT molecular complexity index is 620. The van der Waals surface area contributed by atoms with Crippen molar-refractivity contribution in [3.05, 3.63) is 52.6 Å². The first-order chi connectivity index (χ1) is 11.1. The summed E-state index contributed by atoms with van der Waals surface area (Å²) in [6.07, 6.45) is 3.79. The number of aromatic nitrogens is 1. The molecule has 1 heterocycles. The number of carbonyl (C=O) groups is 1. The maximum absolute atomic E-state index is 12.3. The molecule has 2 rings (SSSR count). The Balaban J connectivity index is 2.05. The van der Waals surface area contributed by atoms with Crippen LogP contribution in [0.5, 0.6) is 0 Å². The van der Waals surface area contributed by atoms with E-state index in [1.807, 2.05) is 36.4 Å². The number of nitrogens with one attached hydrogen (secondary N) is 1. The molecule has 0 spiro atoms. The number of hydrogen-bond donors (Lipinski definition) is 1. The molecule has 0 aliphatic rings. The van der Waals surface area contributed by atoms with Gasteiger partial charge in [0.25, 0.3) is 5.91 Å². The highest BCUT2D eigenvalue weighted by Crippen LogP contribution is 2.16. The van der Waals surface area contributed by atoms with Gasteiger partial charge in [0, 0.05) is 29.4 Å². The number of amides is 1. The molecule has 0 fully saturated rings. The zero-order valence-corrected chi connectivity index (χ0v) is 15.1. The molecule has 0 bridgehead atoms. The fraction of sp³-hybridized carbons (Fsp3) is 0.333. The van der Waals surface area contributed by atoms with Gasteiger partial charge in [-0.15, -0.1) is 0 Å². The van der Waals surface area contributed by atoms with Crippen LogP contribution < -0.4 is 10.2 Å². The maximum Gasteiger partial charge on any atom is 0.257 e. The number of carbonyl (C=O) groups excluding carboxylic acids is 1. The summed E-state index contributed by atoms with van der Waals surface area (Å²) in [4.78, 5) is 19.0. The zero-order chi connectivity index (χ0) is 16.7. The highest BCUT2D eigenvalue weighted by atomic mass is 79.9. The molecule has 0 aliphatic heterocycles. The number of nitrogens with zero attached hydrogens (tertiary/aromatic N) is 2. The number of pyridine rings is 1. The van der Waals surface area contributed by atoms with E-state index in [0.29, 0.717) is 5.56 Å². The van der Waals surface area contributed by atoms with Crippen molar-refractivity contribution in [2.24, 2.45) is 0 Å². The molecule has 1 N–H and O–H groups in total. The summed E-state index contributed by atoms with van der Waals surface area (Å²) in [5.41, 5.74) is 1.32. The second-order valence-corrected chi connectivity index (χ2v) is 6.27. The quantitative estimate of drug-likeness (QED) is 0.760. The molecule has 122 valence electrons. The van der Waals surface area contributed by atoms with Crippen molar-refractivity contribution < 1.29 is 4.79 Å². The average molecular weight is 376 g/mol. The number of benzene rings is 1. The van der Waals surface area contributed by atoms with E-state index < -0.39 is 0 Å². The molecular weight excluding hydrogens is 354 g/mol. The molecule has 0 unspecified atom stereocenters. The lowest BCUT2D eigenvalue weighted by molar-refractivity contribution is 0.102. The molecule has 0 atom stereocenters. The van der Waals surface area contributed by atoms with E-state index >= 15 is 0 Å². The fourth-order valence-electron chi connectivity index (χ4n) is 2.32. The van der Waals surface area contributed by atoms with E-state index in [0.717, 1.165) is 41.9 Å². The van der Waals surface area contributed by atoms with Gasteiger partial charge in [-0.3, -0.25) is 4.79 Å². The number of anilines is 2. The Morgan fingerprint density at radius 2 is 1.74 bits per heavy atom. The predicted molar refractivity (Wildman–Crippen MR) is 99.1 cm³/mol. The largest absolute Gasteiger partial charge is 0.357 e. The van der Waals surface area contributed by atoms with Gasteiger partial charge in [0.15, 0.2) is 0 Å². The number of rotatable bonds is 7. The van der Waals surface area contributed by atoms with E-state index in [1.165, 1.54) is 0 Å². The summed E-state index contributed by atoms with van der Waals surface area (Å²) >= 11 is 3.38. The molecule has 1 aromatic carbocycles. The molecule has 5 heteroatoms. The SMILES string of the molecule is CCCN(CCC)c1ccc(C(=O)Nc2ccc(Br)cc2)cn1. The van der Waals surface area contributed by atoms with Crippen LogP contribution in [0.2, 0.25) is 0 Å². The Labute approximate surface area is 146 Å². The van der Waals surface area contributed by atoms with Gasteiger partial charge in [-0.25, -0.2) is 4.98 Å². The van der Waals surface area contributed by atoms with Crippen molar-refractivity contribution in [3.8, 4) is 0 Å². The summed E-state index contributed by atoms with van der Waals surface area (Å²) < 4.78 is 0.980. The first kappa shape index (κ1) is 17.5. The third-order valence-electron chi connectivity index (χ3n) is 3.42. The predicted octanol–water partition coefficient (Wildman–Crippen LogP) is 4.72. The summed E-state index contributed by atoms with van der Waals surface area (Å²) in [7, 11) is 0. The highest BCUT2D eigenvalue weighted by molar-refractivity contribution is 9.10. The van der Waals surface area contributed by atoms with Crippen LogP contribution in [0.4, 0.5) is 11.5 Å². The van der Waals surface area contributed by atoms with Gasteiger partial charge in [-0.05, 0) is 49.2 Å². The van der Waals surface area contributed by atoms with Gasteiger partial charge in [0.1, 0.15) is 5.82 Å². The third kappa shape index (κ3) is 5.06. The van der Waals surface area contributed by atoms with E-state index in [1.54, 1.807) is 6.20 Å². The van der Waals surface area contributed by atoms with Crippen molar-refractivity contribution in [1.82, 2.24) is 4.98 Å². The van der Waals surface area contributed by atoms with Crippen LogP contribution in [-0.2, 0) is 0 Å². The smallest absolute Gasteiger partial charge is 0.257 e. The van der Waals surface area contributed by atoms with Crippen LogP contribution in [0.15, 0.2) is 47.1 Å². The average Bonchev–Trinajstić information content (AvgIpc) is 2.57. The molecule has 2 aromatic rings. The van der Waals surface area contributed by atoms with Gasteiger partial charge < -0.3 is 10.2 Å². The van der Waals surface area contributed by atoms with Crippen LogP contribution >= 0.6 is 15.9 Å². The van der Waals surface area contributed by atoms with Gasteiger partial charge in [-0.1, -0.05) is 29.8 Å². The first-order valence-electron chi connectivity index (χ1n) is 7.92. The van der Waals surface area contributed by atoms with Crippen molar-refractivity contribution in [2.45, 2.75) is 26.7 Å². The fourth-order valence-corrected chi connectivity index (χ4v) is 2.59. The topological polar surface area (TPSA) is 45.2 Å². The molecular formula is C18H22BrN3O. The molecule has 1 amide bonds.